The molecule has 21 heavy (non-hydrogen) atoms. The highest BCUT2D eigenvalue weighted by atomic mass is 79.9. The summed E-state index contributed by atoms with van der Waals surface area (Å²) in [5, 5.41) is 13.2. The van der Waals surface area contributed by atoms with Gasteiger partial charge in [0.1, 0.15) is 5.75 Å². The van der Waals surface area contributed by atoms with E-state index in [0.717, 1.165) is 10.2 Å². The second-order valence-corrected chi connectivity index (χ2v) is 5.05. The quantitative estimate of drug-likeness (QED) is 0.864. The molecule has 8 heteroatoms. The van der Waals surface area contributed by atoms with Crippen molar-refractivity contribution in [2.75, 3.05) is 12.4 Å². The van der Waals surface area contributed by atoms with Crippen molar-refractivity contribution in [2.24, 2.45) is 0 Å². The maximum absolute atomic E-state index is 11.9. The number of urea groups is 1. The summed E-state index contributed by atoms with van der Waals surface area (Å²) in [6, 6.07) is 5.02. The zero-order valence-electron chi connectivity index (χ0n) is 11.8. The van der Waals surface area contributed by atoms with Gasteiger partial charge in [-0.25, -0.2) is 9.48 Å². The molecular formula is C13H16BrN5O2. The van der Waals surface area contributed by atoms with Gasteiger partial charge in [0.2, 0.25) is 0 Å². The SMILES string of the molecule is CCn1nncc1CNC(=O)Nc1ccc(OC)cc1Br. The van der Waals surface area contributed by atoms with Crippen molar-refractivity contribution in [3.05, 3.63) is 34.6 Å². The number of nitrogens with one attached hydrogen (secondary N) is 2. The molecule has 2 rings (SSSR count). The van der Waals surface area contributed by atoms with Crippen LogP contribution in [-0.2, 0) is 13.1 Å². The van der Waals surface area contributed by atoms with Crippen molar-refractivity contribution < 1.29 is 9.53 Å². The maximum Gasteiger partial charge on any atom is 0.319 e. The number of aromatic nitrogens is 3. The van der Waals surface area contributed by atoms with E-state index in [-0.39, 0.29) is 6.03 Å². The van der Waals surface area contributed by atoms with Gasteiger partial charge in [0.25, 0.3) is 0 Å². The molecule has 0 unspecified atom stereocenters. The Morgan fingerprint density at radius 1 is 1.48 bits per heavy atom. The molecular weight excluding hydrogens is 338 g/mol. The van der Waals surface area contributed by atoms with E-state index in [2.05, 4.69) is 36.9 Å². The molecule has 0 saturated heterocycles. The number of carbonyl (C=O) groups is 1. The van der Waals surface area contributed by atoms with Gasteiger partial charge in [0.05, 0.1) is 31.2 Å². The first kappa shape index (κ1) is 15.3. The van der Waals surface area contributed by atoms with Crippen molar-refractivity contribution >= 4 is 27.6 Å². The largest absolute Gasteiger partial charge is 0.497 e. The van der Waals surface area contributed by atoms with Gasteiger partial charge in [-0.1, -0.05) is 5.21 Å². The minimum Gasteiger partial charge on any atom is -0.497 e. The van der Waals surface area contributed by atoms with Gasteiger partial charge in [0, 0.05) is 11.0 Å². The Bertz CT molecular complexity index is 629. The second kappa shape index (κ2) is 7.07. The highest BCUT2D eigenvalue weighted by molar-refractivity contribution is 9.10. The smallest absolute Gasteiger partial charge is 0.319 e. The van der Waals surface area contributed by atoms with Crippen molar-refractivity contribution in [1.82, 2.24) is 20.3 Å². The Morgan fingerprint density at radius 2 is 2.29 bits per heavy atom. The van der Waals surface area contributed by atoms with E-state index in [1.165, 1.54) is 0 Å². The first-order chi connectivity index (χ1) is 10.1. The van der Waals surface area contributed by atoms with E-state index in [4.69, 9.17) is 4.74 Å². The van der Waals surface area contributed by atoms with E-state index < -0.39 is 0 Å². The number of carbonyl (C=O) groups excluding carboxylic acids is 1. The number of aryl methyl sites for hydroxylation is 1. The minimum absolute atomic E-state index is 0.301. The third-order valence-corrected chi connectivity index (χ3v) is 3.51. The van der Waals surface area contributed by atoms with Crippen LogP contribution in [0, 0.1) is 0 Å². The number of hydrogen-bond acceptors (Lipinski definition) is 4. The molecule has 0 atom stereocenters. The molecule has 0 aliphatic heterocycles. The minimum atomic E-state index is -0.301. The fourth-order valence-corrected chi connectivity index (χ4v) is 2.20. The molecule has 1 aromatic carbocycles. The van der Waals surface area contributed by atoms with Crippen molar-refractivity contribution in [1.29, 1.82) is 0 Å². The van der Waals surface area contributed by atoms with Gasteiger partial charge in [-0.2, -0.15) is 0 Å². The van der Waals surface area contributed by atoms with Crippen molar-refractivity contribution in [3.63, 3.8) is 0 Å². The van der Waals surface area contributed by atoms with Crippen LogP contribution in [0.15, 0.2) is 28.9 Å². The van der Waals surface area contributed by atoms with Crippen LogP contribution in [0.1, 0.15) is 12.6 Å². The molecule has 0 aliphatic carbocycles. The predicted molar refractivity (Wildman–Crippen MR) is 82.2 cm³/mol. The Labute approximate surface area is 130 Å². The van der Waals surface area contributed by atoms with Crippen LogP contribution in [0.5, 0.6) is 5.75 Å². The van der Waals surface area contributed by atoms with Crippen LogP contribution >= 0.6 is 15.9 Å². The summed E-state index contributed by atoms with van der Waals surface area (Å²) in [6.45, 7) is 3.04. The Balaban J connectivity index is 1.93. The average Bonchev–Trinajstić information content (AvgIpc) is 2.94. The number of ether oxygens (including phenoxy) is 1. The number of nitrogens with zero attached hydrogens (tertiary/aromatic N) is 3. The number of amides is 2. The molecule has 0 spiro atoms. The van der Waals surface area contributed by atoms with Gasteiger partial charge in [-0.15, -0.1) is 5.10 Å². The lowest BCUT2D eigenvalue weighted by molar-refractivity contribution is 0.251. The first-order valence-corrected chi connectivity index (χ1v) is 7.19. The predicted octanol–water partition coefficient (Wildman–Crippen LogP) is 2.39. The summed E-state index contributed by atoms with van der Waals surface area (Å²) in [5.74, 6) is 0.714. The summed E-state index contributed by atoms with van der Waals surface area (Å²) >= 11 is 3.38. The zero-order chi connectivity index (χ0) is 15.2. The number of rotatable bonds is 5. The molecule has 2 aromatic rings. The second-order valence-electron chi connectivity index (χ2n) is 4.19. The molecule has 0 fully saturated rings. The molecule has 1 aromatic heterocycles. The number of methoxy groups -OCH3 is 1. The van der Waals surface area contributed by atoms with E-state index in [0.29, 0.717) is 24.5 Å². The maximum atomic E-state index is 11.9. The van der Waals surface area contributed by atoms with Crippen LogP contribution in [0.2, 0.25) is 0 Å². The highest BCUT2D eigenvalue weighted by Gasteiger charge is 2.08. The monoisotopic (exact) mass is 353 g/mol. The molecule has 2 N–H and O–H groups in total. The van der Waals surface area contributed by atoms with E-state index in [9.17, 15) is 4.79 Å². The van der Waals surface area contributed by atoms with Crippen molar-refractivity contribution in [3.8, 4) is 5.75 Å². The Hall–Kier alpha value is -2.09. The zero-order valence-corrected chi connectivity index (χ0v) is 13.3. The number of halogens is 1. The highest BCUT2D eigenvalue weighted by Crippen LogP contribution is 2.26. The number of hydrogen-bond donors (Lipinski definition) is 2. The Morgan fingerprint density at radius 3 is 2.95 bits per heavy atom. The lowest BCUT2D eigenvalue weighted by atomic mass is 10.3. The van der Waals surface area contributed by atoms with Crippen LogP contribution in [0.4, 0.5) is 10.5 Å². The molecule has 0 aliphatic rings. The van der Waals surface area contributed by atoms with E-state index in [1.54, 1.807) is 36.2 Å². The first-order valence-electron chi connectivity index (χ1n) is 6.39. The van der Waals surface area contributed by atoms with E-state index in [1.807, 2.05) is 6.92 Å². The van der Waals surface area contributed by atoms with Gasteiger partial charge >= 0.3 is 6.03 Å². The number of anilines is 1. The van der Waals surface area contributed by atoms with Gasteiger partial charge < -0.3 is 15.4 Å². The topological polar surface area (TPSA) is 81.1 Å². The molecule has 0 saturated carbocycles. The molecule has 0 bridgehead atoms. The third kappa shape index (κ3) is 3.94. The normalized spacial score (nSPS) is 10.2. The lowest BCUT2D eigenvalue weighted by Crippen LogP contribution is -2.29. The summed E-state index contributed by atoms with van der Waals surface area (Å²) < 4.78 is 7.58. The fourth-order valence-electron chi connectivity index (χ4n) is 1.74. The standard InChI is InChI=1S/C13H16BrN5O2/c1-3-19-9(8-16-18-19)7-15-13(20)17-12-5-4-10(21-2)6-11(12)14/h4-6,8H,3,7H2,1-2H3,(H2,15,17,20). The Kier molecular flexibility index (Phi) is 5.15. The molecule has 1 heterocycles. The summed E-state index contributed by atoms with van der Waals surface area (Å²) in [7, 11) is 1.59. The molecule has 112 valence electrons. The third-order valence-electron chi connectivity index (χ3n) is 2.85. The van der Waals surface area contributed by atoms with Crippen LogP contribution in [-0.4, -0.2) is 28.1 Å². The lowest BCUT2D eigenvalue weighted by Gasteiger charge is -2.10. The molecule has 0 radical (unpaired) electrons. The van der Waals surface area contributed by atoms with Gasteiger partial charge in [-0.05, 0) is 41.1 Å². The molecule has 2 amide bonds. The van der Waals surface area contributed by atoms with E-state index >= 15 is 0 Å². The van der Waals surface area contributed by atoms with Crippen LogP contribution in [0.25, 0.3) is 0 Å². The number of benzene rings is 1. The van der Waals surface area contributed by atoms with Crippen molar-refractivity contribution in [2.45, 2.75) is 20.0 Å². The summed E-state index contributed by atoms with van der Waals surface area (Å²) in [4.78, 5) is 11.9. The van der Waals surface area contributed by atoms with Gasteiger partial charge in [-0.3, -0.25) is 0 Å². The van der Waals surface area contributed by atoms with Gasteiger partial charge in [0.15, 0.2) is 0 Å². The summed E-state index contributed by atoms with van der Waals surface area (Å²) in [6.07, 6.45) is 1.63. The molecule has 7 nitrogen and oxygen atoms in total. The summed E-state index contributed by atoms with van der Waals surface area (Å²) in [5.41, 5.74) is 1.51. The van der Waals surface area contributed by atoms with Crippen LogP contribution in [0.3, 0.4) is 0 Å². The average molecular weight is 354 g/mol. The van der Waals surface area contributed by atoms with Crippen LogP contribution < -0.4 is 15.4 Å². The fraction of sp³-hybridized carbons (Fsp3) is 0.308.